The summed E-state index contributed by atoms with van der Waals surface area (Å²) in [5.74, 6) is 0. The van der Waals surface area contributed by atoms with Gasteiger partial charge in [-0.3, -0.25) is 4.72 Å². The van der Waals surface area contributed by atoms with Crippen LogP contribution >= 0.6 is 0 Å². The normalized spacial score (nSPS) is 11.0. The zero-order valence-electron chi connectivity index (χ0n) is 10.2. The second-order valence-electron chi connectivity index (χ2n) is 4.06. The molecule has 0 radical (unpaired) electrons. The Hall–Kier alpha value is -2.21. The van der Waals surface area contributed by atoms with Gasteiger partial charge in [-0.2, -0.15) is 0 Å². The molecule has 0 aliphatic carbocycles. The summed E-state index contributed by atoms with van der Waals surface area (Å²) in [5, 5.41) is 2.72. The van der Waals surface area contributed by atoms with Gasteiger partial charge in [0.25, 0.3) is 10.0 Å². The van der Waals surface area contributed by atoms with Crippen LogP contribution in [0.15, 0.2) is 58.6 Å². The Morgan fingerprint density at radius 1 is 1.05 bits per heavy atom. The van der Waals surface area contributed by atoms with E-state index in [1.807, 2.05) is 13.0 Å². The van der Waals surface area contributed by atoms with Gasteiger partial charge in [-0.1, -0.05) is 18.2 Å². The molecule has 2 aromatic carbocycles. The molecule has 2 aromatic rings. The van der Waals surface area contributed by atoms with E-state index in [-0.39, 0.29) is 10.6 Å². The SMILES string of the molecule is Cc1cccc(NS(=O)(=O)c2cccc(N=O)c2)c1. The molecular formula is C13H12N2O3S. The van der Waals surface area contributed by atoms with Crippen LogP contribution in [0.3, 0.4) is 0 Å². The summed E-state index contributed by atoms with van der Waals surface area (Å²) >= 11 is 0. The Morgan fingerprint density at radius 3 is 2.47 bits per heavy atom. The van der Waals surface area contributed by atoms with Gasteiger partial charge in [-0.05, 0) is 48.0 Å². The highest BCUT2D eigenvalue weighted by atomic mass is 32.2. The highest BCUT2D eigenvalue weighted by molar-refractivity contribution is 7.92. The van der Waals surface area contributed by atoms with E-state index >= 15 is 0 Å². The van der Waals surface area contributed by atoms with Crippen LogP contribution in [0.2, 0.25) is 0 Å². The third-order valence-electron chi connectivity index (χ3n) is 2.50. The number of benzene rings is 2. The molecule has 6 heteroatoms. The second kappa shape index (κ2) is 5.19. The lowest BCUT2D eigenvalue weighted by Gasteiger charge is -2.08. The van der Waals surface area contributed by atoms with Crippen LogP contribution in [0.25, 0.3) is 0 Å². The number of rotatable bonds is 4. The van der Waals surface area contributed by atoms with Gasteiger partial charge >= 0.3 is 0 Å². The summed E-state index contributed by atoms with van der Waals surface area (Å²) < 4.78 is 26.7. The van der Waals surface area contributed by atoms with Gasteiger partial charge in [-0.15, -0.1) is 4.91 Å². The molecule has 0 heterocycles. The minimum atomic E-state index is -3.71. The molecule has 0 unspecified atom stereocenters. The summed E-state index contributed by atoms with van der Waals surface area (Å²) in [5.41, 5.74) is 1.50. The first-order chi connectivity index (χ1) is 9.01. The maximum Gasteiger partial charge on any atom is 0.261 e. The van der Waals surface area contributed by atoms with E-state index in [1.54, 1.807) is 18.2 Å². The number of hydrogen-bond acceptors (Lipinski definition) is 4. The first kappa shape index (κ1) is 13.2. The van der Waals surface area contributed by atoms with Crippen LogP contribution in [-0.2, 0) is 10.0 Å². The Kier molecular flexibility index (Phi) is 3.62. The van der Waals surface area contributed by atoms with E-state index in [0.717, 1.165) is 5.56 Å². The fraction of sp³-hybridized carbons (Fsp3) is 0.0769. The predicted molar refractivity (Wildman–Crippen MR) is 73.9 cm³/mol. The molecular weight excluding hydrogens is 264 g/mol. The van der Waals surface area contributed by atoms with Crippen molar-refractivity contribution < 1.29 is 8.42 Å². The number of hydrogen-bond donors (Lipinski definition) is 1. The lowest BCUT2D eigenvalue weighted by atomic mass is 10.2. The molecule has 0 spiro atoms. The average molecular weight is 276 g/mol. The predicted octanol–water partition coefficient (Wildman–Crippen LogP) is 3.19. The molecule has 2 rings (SSSR count). The lowest BCUT2D eigenvalue weighted by molar-refractivity contribution is 0.601. The minimum Gasteiger partial charge on any atom is -0.280 e. The van der Waals surface area contributed by atoms with Gasteiger partial charge in [0.2, 0.25) is 0 Å². The van der Waals surface area contributed by atoms with Gasteiger partial charge in [-0.25, -0.2) is 8.42 Å². The topological polar surface area (TPSA) is 75.6 Å². The van der Waals surface area contributed by atoms with Gasteiger partial charge in [0.05, 0.1) is 4.90 Å². The van der Waals surface area contributed by atoms with Gasteiger partial charge in [0.15, 0.2) is 0 Å². The quantitative estimate of drug-likeness (QED) is 0.871. The minimum absolute atomic E-state index is 0.00565. The number of aryl methyl sites for hydroxylation is 1. The third kappa shape index (κ3) is 3.17. The second-order valence-corrected chi connectivity index (χ2v) is 5.75. The number of nitrogens with one attached hydrogen (secondary N) is 1. The van der Waals surface area contributed by atoms with Crippen molar-refractivity contribution in [3.63, 3.8) is 0 Å². The van der Waals surface area contributed by atoms with E-state index in [0.29, 0.717) is 5.69 Å². The highest BCUT2D eigenvalue weighted by Crippen LogP contribution is 2.20. The molecule has 1 N–H and O–H groups in total. The van der Waals surface area contributed by atoms with Crippen molar-refractivity contribution >= 4 is 21.4 Å². The van der Waals surface area contributed by atoms with Crippen LogP contribution in [-0.4, -0.2) is 8.42 Å². The van der Waals surface area contributed by atoms with E-state index in [4.69, 9.17) is 0 Å². The van der Waals surface area contributed by atoms with Crippen molar-refractivity contribution in [2.75, 3.05) is 4.72 Å². The van der Waals surface area contributed by atoms with Crippen molar-refractivity contribution in [3.8, 4) is 0 Å². The summed E-state index contributed by atoms with van der Waals surface area (Å²) in [7, 11) is -3.71. The largest absolute Gasteiger partial charge is 0.280 e. The van der Waals surface area contributed by atoms with Crippen molar-refractivity contribution in [3.05, 3.63) is 59.0 Å². The Bertz CT molecular complexity index is 711. The van der Waals surface area contributed by atoms with Crippen LogP contribution in [0.5, 0.6) is 0 Å². The highest BCUT2D eigenvalue weighted by Gasteiger charge is 2.14. The first-order valence-electron chi connectivity index (χ1n) is 5.54. The maximum atomic E-state index is 12.1. The Morgan fingerprint density at radius 2 is 1.79 bits per heavy atom. The molecule has 0 bridgehead atoms. The molecule has 0 atom stereocenters. The molecule has 19 heavy (non-hydrogen) atoms. The number of anilines is 1. The number of nitrogens with zero attached hydrogens (tertiary/aromatic N) is 1. The Balaban J connectivity index is 2.34. The summed E-state index contributed by atoms with van der Waals surface area (Å²) in [4.78, 5) is 10.4. The molecule has 98 valence electrons. The van der Waals surface area contributed by atoms with Crippen LogP contribution < -0.4 is 4.72 Å². The van der Waals surface area contributed by atoms with E-state index in [1.165, 1.54) is 24.3 Å². The van der Waals surface area contributed by atoms with E-state index in [2.05, 4.69) is 9.90 Å². The van der Waals surface area contributed by atoms with Crippen molar-refractivity contribution in [1.82, 2.24) is 0 Å². The number of nitroso groups, excluding NO2 is 1. The van der Waals surface area contributed by atoms with Crippen molar-refractivity contribution in [1.29, 1.82) is 0 Å². The smallest absolute Gasteiger partial charge is 0.261 e. The molecule has 0 aliphatic rings. The first-order valence-corrected chi connectivity index (χ1v) is 7.02. The fourth-order valence-corrected chi connectivity index (χ4v) is 2.72. The van der Waals surface area contributed by atoms with Gasteiger partial charge in [0, 0.05) is 5.69 Å². The lowest BCUT2D eigenvalue weighted by Crippen LogP contribution is -2.12. The van der Waals surface area contributed by atoms with Gasteiger partial charge < -0.3 is 0 Å². The molecule has 0 amide bonds. The van der Waals surface area contributed by atoms with Crippen LogP contribution in [0.4, 0.5) is 11.4 Å². The monoisotopic (exact) mass is 276 g/mol. The molecule has 0 fully saturated rings. The van der Waals surface area contributed by atoms with Crippen LogP contribution in [0.1, 0.15) is 5.56 Å². The maximum absolute atomic E-state index is 12.1. The summed E-state index contributed by atoms with van der Waals surface area (Å²) in [6, 6.07) is 12.6. The summed E-state index contributed by atoms with van der Waals surface area (Å²) in [6.45, 7) is 1.87. The zero-order valence-corrected chi connectivity index (χ0v) is 11.0. The van der Waals surface area contributed by atoms with Crippen molar-refractivity contribution in [2.24, 2.45) is 5.18 Å². The molecule has 5 nitrogen and oxygen atoms in total. The third-order valence-corrected chi connectivity index (χ3v) is 3.88. The van der Waals surface area contributed by atoms with E-state index in [9.17, 15) is 13.3 Å². The average Bonchev–Trinajstić information content (AvgIpc) is 2.38. The fourth-order valence-electron chi connectivity index (χ4n) is 1.63. The standard InChI is InChI=1S/C13H12N2O3S/c1-10-4-2-6-12(8-10)15-19(17,18)13-7-3-5-11(9-13)14-16/h2-9,15H,1H3. The van der Waals surface area contributed by atoms with E-state index < -0.39 is 10.0 Å². The molecule has 0 aromatic heterocycles. The Labute approximate surface area is 111 Å². The van der Waals surface area contributed by atoms with Crippen molar-refractivity contribution in [2.45, 2.75) is 11.8 Å². The molecule has 0 saturated carbocycles. The molecule has 0 aliphatic heterocycles. The van der Waals surface area contributed by atoms with Crippen LogP contribution in [0, 0.1) is 11.8 Å². The number of sulfonamides is 1. The zero-order chi connectivity index (χ0) is 13.9. The summed E-state index contributed by atoms with van der Waals surface area (Å²) in [6.07, 6.45) is 0. The van der Waals surface area contributed by atoms with Gasteiger partial charge in [0.1, 0.15) is 5.69 Å². The molecule has 0 saturated heterocycles.